The van der Waals surface area contributed by atoms with Crippen molar-refractivity contribution < 1.29 is 67.2 Å². The van der Waals surface area contributed by atoms with Crippen molar-refractivity contribution in [3.05, 3.63) is 47.5 Å². The van der Waals surface area contributed by atoms with Gasteiger partial charge in [0.1, 0.15) is 5.57 Å². The Morgan fingerprint density at radius 1 is 1.00 bits per heavy atom. The first-order chi connectivity index (χ1) is 15.1. The van der Waals surface area contributed by atoms with Gasteiger partial charge in [0.15, 0.2) is 0 Å². The molecule has 0 aliphatic carbocycles. The summed E-state index contributed by atoms with van der Waals surface area (Å²) >= 11 is 0. The maximum atomic E-state index is 13.9. The lowest BCUT2D eigenvalue weighted by Crippen LogP contribution is -2.58. The number of ether oxygens (including phenoxy) is 2. The fourth-order valence-electron chi connectivity index (χ4n) is 2.22. The van der Waals surface area contributed by atoms with Crippen molar-refractivity contribution in [2.24, 2.45) is 0 Å². The molecule has 7 nitrogen and oxygen atoms in total. The molecular formula is C18H16F8O7S. The van der Waals surface area contributed by atoms with Crippen LogP contribution in [0, 0.1) is 6.92 Å². The summed E-state index contributed by atoms with van der Waals surface area (Å²) in [4.78, 5) is 24.3. The van der Waals surface area contributed by atoms with Crippen LogP contribution < -0.4 is 0 Å². The Bertz CT molecular complexity index is 1030. The average molecular weight is 528 g/mol. The number of halogens is 8. The number of rotatable bonds is 10. The molecule has 1 rings (SSSR count). The highest BCUT2D eigenvalue weighted by Crippen LogP contribution is 2.39. The summed E-state index contributed by atoms with van der Waals surface area (Å²) in [6, 6.07) is 5.00. The number of carbonyl (C=O) groups excluding carboxylic acids is 2. The summed E-state index contributed by atoms with van der Waals surface area (Å²) < 4.78 is 144. The van der Waals surface area contributed by atoms with Crippen molar-refractivity contribution in [1.29, 1.82) is 0 Å². The topological polar surface area (TPSA) is 107 Å². The molecule has 1 unspecified atom stereocenters. The summed E-state index contributed by atoms with van der Waals surface area (Å²) in [5, 5.41) is -5.07. The lowest BCUT2D eigenvalue weighted by Gasteiger charge is -2.34. The number of esters is 1. The molecule has 0 aliphatic heterocycles. The van der Waals surface area contributed by atoms with Gasteiger partial charge in [0.05, 0.1) is 13.0 Å². The molecule has 0 fully saturated rings. The Morgan fingerprint density at radius 3 is 1.91 bits per heavy atom. The van der Waals surface area contributed by atoms with E-state index in [-0.39, 0.29) is 5.56 Å². The number of ketones is 1. The summed E-state index contributed by atoms with van der Waals surface area (Å²) in [5.74, 6) is -9.87. The van der Waals surface area contributed by atoms with Crippen LogP contribution in [-0.2, 0) is 35.6 Å². The van der Waals surface area contributed by atoms with E-state index in [2.05, 4.69) is 16.1 Å². The van der Waals surface area contributed by atoms with Crippen LogP contribution in [0.25, 0.3) is 0 Å². The summed E-state index contributed by atoms with van der Waals surface area (Å²) in [7, 11) is -6.13. The lowest BCUT2D eigenvalue weighted by atomic mass is 10.0. The van der Waals surface area contributed by atoms with Crippen molar-refractivity contribution in [2.75, 3.05) is 6.61 Å². The number of hydrogen-bond donors (Lipinski definition) is 1. The number of Topliss-reactive ketones (excluding diaryl/α,β-unsaturated/α-hetero) is 1. The van der Waals surface area contributed by atoms with Crippen LogP contribution in [0.1, 0.15) is 17.5 Å². The van der Waals surface area contributed by atoms with Crippen molar-refractivity contribution in [1.82, 2.24) is 0 Å². The normalized spacial score (nSPS) is 14.9. The molecular weight excluding hydrogens is 512 g/mol. The molecule has 0 amide bonds. The molecule has 0 bridgehead atoms. The highest BCUT2D eigenvalue weighted by atomic mass is 32.2. The van der Waals surface area contributed by atoms with Gasteiger partial charge in [-0.15, -0.1) is 0 Å². The van der Waals surface area contributed by atoms with Crippen molar-refractivity contribution in [3.63, 3.8) is 0 Å². The van der Waals surface area contributed by atoms with E-state index in [9.17, 15) is 53.1 Å². The number of hydrogen-bond acceptors (Lipinski definition) is 6. The fourth-order valence-corrected chi connectivity index (χ4v) is 2.56. The highest BCUT2D eigenvalue weighted by Gasteiger charge is 2.66. The van der Waals surface area contributed by atoms with Gasteiger partial charge in [-0.05, 0) is 12.5 Å². The van der Waals surface area contributed by atoms with E-state index in [1.54, 1.807) is 6.92 Å². The van der Waals surface area contributed by atoms with E-state index in [0.29, 0.717) is 5.56 Å². The molecule has 1 aromatic rings. The Balaban J connectivity index is 3.44. The first-order valence-corrected chi connectivity index (χ1v) is 10.2. The van der Waals surface area contributed by atoms with Crippen LogP contribution in [0.5, 0.6) is 0 Å². The minimum atomic E-state index is -6.13. The molecule has 0 saturated carbocycles. The maximum Gasteiger partial charge on any atom is 0.464 e. The van der Waals surface area contributed by atoms with Gasteiger partial charge in [0.25, 0.3) is 0 Å². The van der Waals surface area contributed by atoms with Crippen LogP contribution in [0.4, 0.5) is 35.1 Å². The van der Waals surface area contributed by atoms with Crippen LogP contribution in [0.2, 0.25) is 0 Å². The molecule has 1 N–H and O–H groups in total. The van der Waals surface area contributed by atoms with E-state index < -0.39 is 70.3 Å². The van der Waals surface area contributed by atoms with E-state index in [1.807, 2.05) is 0 Å². The minimum absolute atomic E-state index is 0.151. The van der Waals surface area contributed by atoms with Gasteiger partial charge < -0.3 is 9.47 Å². The molecule has 0 radical (unpaired) electrons. The standard InChI is InChI=1S/C18H16F8O7S/c1-10-3-5-12(6-4-10)9-13(27)16(18(24,25)26,33-14(28)11(2)17(21,22)23)32-8-7-15(19,20)34(29,30)31/h3-6H,2,7-9H2,1H3,(H,29,30,31). The van der Waals surface area contributed by atoms with Crippen molar-refractivity contribution in [2.45, 2.75) is 43.2 Å². The monoisotopic (exact) mass is 528 g/mol. The molecule has 0 aromatic heterocycles. The SMILES string of the molecule is C=C(C(=O)OC(OCCC(F)(F)S(=O)(=O)O)(C(=O)Cc1ccc(C)cc1)C(F)(F)F)C(F)(F)F. The zero-order valence-corrected chi connectivity index (χ0v) is 17.8. The number of alkyl halides is 8. The largest absolute Gasteiger partial charge is 0.464 e. The van der Waals surface area contributed by atoms with Crippen molar-refractivity contribution >= 4 is 21.9 Å². The van der Waals surface area contributed by atoms with E-state index in [4.69, 9.17) is 4.55 Å². The Morgan fingerprint density at radius 2 is 1.50 bits per heavy atom. The van der Waals surface area contributed by atoms with E-state index in [0.717, 1.165) is 12.1 Å². The van der Waals surface area contributed by atoms with Gasteiger partial charge in [-0.2, -0.15) is 43.5 Å². The molecule has 0 aliphatic rings. The molecule has 0 saturated heterocycles. The smallest absolute Gasteiger partial charge is 0.413 e. The molecule has 192 valence electrons. The molecule has 1 aromatic carbocycles. The molecule has 34 heavy (non-hydrogen) atoms. The Hall–Kier alpha value is -2.59. The highest BCUT2D eigenvalue weighted by molar-refractivity contribution is 7.86. The first-order valence-electron chi connectivity index (χ1n) is 8.78. The average Bonchev–Trinajstić information content (AvgIpc) is 2.65. The third-order valence-electron chi connectivity index (χ3n) is 4.13. The van der Waals surface area contributed by atoms with Gasteiger partial charge in [0.2, 0.25) is 5.78 Å². The second kappa shape index (κ2) is 9.95. The Kier molecular flexibility index (Phi) is 8.62. The van der Waals surface area contributed by atoms with Gasteiger partial charge in [0, 0.05) is 6.42 Å². The lowest BCUT2D eigenvalue weighted by molar-refractivity contribution is -0.347. The van der Waals surface area contributed by atoms with Crippen LogP contribution >= 0.6 is 0 Å². The van der Waals surface area contributed by atoms with Gasteiger partial charge in [-0.25, -0.2) is 4.79 Å². The quantitative estimate of drug-likeness (QED) is 0.161. The summed E-state index contributed by atoms with van der Waals surface area (Å²) in [6.45, 7) is 1.81. The zero-order valence-electron chi connectivity index (χ0n) is 17.0. The summed E-state index contributed by atoms with van der Waals surface area (Å²) in [5.41, 5.74) is -2.02. The van der Waals surface area contributed by atoms with Crippen LogP contribution in [-0.4, -0.2) is 54.7 Å². The predicted octanol–water partition coefficient (Wildman–Crippen LogP) is 3.91. The zero-order chi connectivity index (χ0) is 26.8. The van der Waals surface area contributed by atoms with Crippen molar-refractivity contribution in [3.8, 4) is 0 Å². The number of aryl methyl sites for hydroxylation is 1. The van der Waals surface area contributed by atoms with Crippen LogP contribution in [0.15, 0.2) is 36.4 Å². The minimum Gasteiger partial charge on any atom is -0.413 e. The fraction of sp³-hybridized carbons (Fsp3) is 0.444. The molecule has 0 spiro atoms. The number of benzene rings is 1. The number of carbonyl (C=O) groups is 2. The van der Waals surface area contributed by atoms with E-state index in [1.165, 1.54) is 12.1 Å². The van der Waals surface area contributed by atoms with Gasteiger partial charge in [-0.1, -0.05) is 36.4 Å². The van der Waals surface area contributed by atoms with E-state index >= 15 is 0 Å². The third kappa shape index (κ3) is 6.96. The maximum absolute atomic E-state index is 13.9. The Labute approximate surface area is 187 Å². The predicted molar refractivity (Wildman–Crippen MR) is 97.0 cm³/mol. The third-order valence-corrected chi connectivity index (χ3v) is 5.09. The van der Waals surface area contributed by atoms with Gasteiger partial charge >= 0.3 is 39.5 Å². The molecule has 16 heteroatoms. The van der Waals surface area contributed by atoms with Gasteiger partial charge in [-0.3, -0.25) is 9.35 Å². The first kappa shape index (κ1) is 29.4. The second-order valence-corrected chi connectivity index (χ2v) is 8.32. The molecule has 1 atom stereocenters. The molecule has 0 heterocycles. The van der Waals surface area contributed by atoms with Crippen LogP contribution in [0.3, 0.4) is 0 Å². The summed E-state index contributed by atoms with van der Waals surface area (Å²) in [6.07, 6.45) is -15.1. The second-order valence-electron chi connectivity index (χ2n) is 6.78.